The van der Waals surface area contributed by atoms with Crippen LogP contribution in [0, 0.1) is 12.8 Å². The number of piperidine rings is 1. The average Bonchev–Trinajstić information content (AvgIpc) is 2.97. The van der Waals surface area contributed by atoms with Gasteiger partial charge in [-0.2, -0.15) is 0 Å². The molecule has 1 aromatic carbocycles. The van der Waals surface area contributed by atoms with Crippen molar-refractivity contribution in [1.29, 1.82) is 0 Å². The Bertz CT molecular complexity index is 785. The summed E-state index contributed by atoms with van der Waals surface area (Å²) >= 11 is 0. The van der Waals surface area contributed by atoms with Gasteiger partial charge in [0.2, 0.25) is 17.7 Å². The maximum atomic E-state index is 13.3. The monoisotopic (exact) mass is 400 g/mol. The van der Waals surface area contributed by atoms with E-state index in [0.29, 0.717) is 19.6 Å². The maximum absolute atomic E-state index is 13.3. The second kappa shape index (κ2) is 8.66. The molecule has 0 spiro atoms. The van der Waals surface area contributed by atoms with E-state index in [2.05, 4.69) is 0 Å². The molecule has 0 saturated carbocycles. The highest BCUT2D eigenvalue weighted by Gasteiger charge is 2.54. The second-order valence-corrected chi connectivity index (χ2v) is 8.39. The number of benzene rings is 1. The van der Waals surface area contributed by atoms with Gasteiger partial charge < -0.3 is 10.0 Å². The van der Waals surface area contributed by atoms with Gasteiger partial charge >= 0.3 is 0 Å². The molecular formula is C23H32N2O4. The molecule has 3 amide bonds. The molecule has 2 aliphatic rings. The lowest BCUT2D eigenvalue weighted by Gasteiger charge is -2.36. The highest BCUT2D eigenvalue weighted by Crippen LogP contribution is 2.42. The van der Waals surface area contributed by atoms with Gasteiger partial charge in [0.1, 0.15) is 0 Å². The maximum Gasteiger partial charge on any atom is 0.240 e. The van der Waals surface area contributed by atoms with Crippen LogP contribution in [0.25, 0.3) is 0 Å². The molecule has 2 heterocycles. The number of hydrogen-bond donors (Lipinski definition) is 1. The lowest BCUT2D eigenvalue weighted by Crippen LogP contribution is -2.46. The second-order valence-electron chi connectivity index (χ2n) is 8.39. The molecule has 3 rings (SSSR count). The summed E-state index contributed by atoms with van der Waals surface area (Å²) < 4.78 is 0. The number of nitrogens with zero attached hydrogens (tertiary/aromatic N) is 2. The van der Waals surface area contributed by atoms with Crippen molar-refractivity contribution in [3.63, 3.8) is 0 Å². The molecule has 29 heavy (non-hydrogen) atoms. The molecule has 6 nitrogen and oxygen atoms in total. The van der Waals surface area contributed by atoms with Crippen molar-refractivity contribution in [2.45, 2.75) is 64.4 Å². The van der Waals surface area contributed by atoms with E-state index in [-0.39, 0.29) is 42.6 Å². The standard InChI is InChI=1S/C23H32N2O4/c1-4-19(26)17-10-12-24(13-11-17)20(27)14-23(18-9-7-6-8-16(18)3)15-21(28)25(5-2)22(23)29/h6-9,17,19,26H,4-5,10-15H2,1-3H3/t19-,23+/m1/s1. The summed E-state index contributed by atoms with van der Waals surface area (Å²) in [5, 5.41) is 10.1. The highest BCUT2D eigenvalue weighted by atomic mass is 16.3. The van der Waals surface area contributed by atoms with E-state index in [1.807, 2.05) is 38.1 Å². The zero-order valence-electron chi connectivity index (χ0n) is 17.7. The summed E-state index contributed by atoms with van der Waals surface area (Å²) in [6, 6.07) is 7.55. The number of amides is 3. The summed E-state index contributed by atoms with van der Waals surface area (Å²) in [4.78, 5) is 42.2. The fraction of sp³-hybridized carbons (Fsp3) is 0.609. The van der Waals surface area contributed by atoms with Crippen LogP contribution < -0.4 is 0 Å². The molecule has 2 atom stereocenters. The number of imide groups is 1. The summed E-state index contributed by atoms with van der Waals surface area (Å²) in [6.07, 6.45) is 2.00. The van der Waals surface area contributed by atoms with Gasteiger partial charge in [0.05, 0.1) is 11.5 Å². The van der Waals surface area contributed by atoms with E-state index in [1.165, 1.54) is 4.90 Å². The highest BCUT2D eigenvalue weighted by molar-refractivity contribution is 6.10. The van der Waals surface area contributed by atoms with E-state index in [0.717, 1.165) is 30.4 Å². The summed E-state index contributed by atoms with van der Waals surface area (Å²) in [7, 11) is 0. The topological polar surface area (TPSA) is 77.9 Å². The van der Waals surface area contributed by atoms with E-state index < -0.39 is 5.41 Å². The van der Waals surface area contributed by atoms with Crippen molar-refractivity contribution < 1.29 is 19.5 Å². The molecule has 6 heteroatoms. The summed E-state index contributed by atoms with van der Waals surface area (Å²) in [6.45, 7) is 7.17. The van der Waals surface area contributed by atoms with Gasteiger partial charge in [-0.25, -0.2) is 0 Å². The number of aliphatic hydroxyl groups excluding tert-OH is 1. The lowest BCUT2D eigenvalue weighted by molar-refractivity contribution is -0.143. The van der Waals surface area contributed by atoms with Crippen LogP contribution in [0.2, 0.25) is 0 Å². The van der Waals surface area contributed by atoms with Crippen LogP contribution in [0.15, 0.2) is 24.3 Å². The molecule has 0 aliphatic carbocycles. The van der Waals surface area contributed by atoms with Gasteiger partial charge in [-0.15, -0.1) is 0 Å². The Morgan fingerprint density at radius 1 is 1.21 bits per heavy atom. The van der Waals surface area contributed by atoms with Gasteiger partial charge in [-0.1, -0.05) is 31.2 Å². The van der Waals surface area contributed by atoms with Crippen molar-refractivity contribution in [1.82, 2.24) is 9.80 Å². The number of rotatable bonds is 6. The van der Waals surface area contributed by atoms with Crippen LogP contribution in [-0.2, 0) is 19.8 Å². The fourth-order valence-electron chi connectivity index (χ4n) is 4.91. The Morgan fingerprint density at radius 2 is 1.86 bits per heavy atom. The Morgan fingerprint density at radius 3 is 2.41 bits per heavy atom. The van der Waals surface area contributed by atoms with E-state index in [4.69, 9.17) is 0 Å². The van der Waals surface area contributed by atoms with Crippen LogP contribution in [0.3, 0.4) is 0 Å². The van der Waals surface area contributed by atoms with Crippen molar-refractivity contribution in [2.75, 3.05) is 19.6 Å². The van der Waals surface area contributed by atoms with Gasteiger partial charge in [0.25, 0.3) is 0 Å². The van der Waals surface area contributed by atoms with Gasteiger partial charge in [-0.05, 0) is 50.2 Å². The first-order chi connectivity index (χ1) is 13.8. The lowest BCUT2D eigenvalue weighted by atomic mass is 9.73. The molecule has 0 bridgehead atoms. The first-order valence-corrected chi connectivity index (χ1v) is 10.7. The number of hydrogen-bond acceptors (Lipinski definition) is 4. The molecular weight excluding hydrogens is 368 g/mol. The SMILES string of the molecule is CC[C@@H](O)C1CCN(C(=O)C[C@@]2(c3ccccc3C)CC(=O)N(CC)C2=O)CC1. The minimum atomic E-state index is -1.12. The quantitative estimate of drug-likeness (QED) is 0.744. The Balaban J connectivity index is 1.84. The zero-order chi connectivity index (χ0) is 21.2. The third-order valence-corrected chi connectivity index (χ3v) is 6.69. The third kappa shape index (κ3) is 3.95. The molecule has 0 radical (unpaired) electrons. The van der Waals surface area contributed by atoms with Crippen LogP contribution in [0.5, 0.6) is 0 Å². The number of likely N-dealkylation sites (N-methyl/N-ethyl adjacent to an activating group) is 1. The third-order valence-electron chi connectivity index (χ3n) is 6.69. The molecule has 0 unspecified atom stereocenters. The smallest absolute Gasteiger partial charge is 0.240 e. The largest absolute Gasteiger partial charge is 0.393 e. The fourth-order valence-corrected chi connectivity index (χ4v) is 4.91. The Kier molecular flexibility index (Phi) is 6.42. The molecule has 2 aliphatic heterocycles. The molecule has 1 N–H and O–H groups in total. The predicted molar refractivity (Wildman–Crippen MR) is 110 cm³/mol. The molecule has 2 fully saturated rings. The number of carbonyl (C=O) groups is 3. The first kappa shape index (κ1) is 21.5. The Labute approximate surface area is 172 Å². The first-order valence-electron chi connectivity index (χ1n) is 10.7. The van der Waals surface area contributed by atoms with E-state index in [9.17, 15) is 19.5 Å². The van der Waals surface area contributed by atoms with Crippen molar-refractivity contribution in [3.8, 4) is 0 Å². The van der Waals surface area contributed by atoms with E-state index in [1.54, 1.807) is 11.8 Å². The number of aryl methyl sites for hydroxylation is 1. The molecule has 0 aromatic heterocycles. The minimum absolute atomic E-state index is 0.0138. The van der Waals surface area contributed by atoms with Gasteiger partial charge in [0.15, 0.2) is 0 Å². The van der Waals surface area contributed by atoms with Crippen LogP contribution in [-0.4, -0.2) is 58.4 Å². The summed E-state index contributed by atoms with van der Waals surface area (Å²) in [5.74, 6) is -0.335. The minimum Gasteiger partial charge on any atom is -0.393 e. The van der Waals surface area contributed by atoms with Crippen molar-refractivity contribution in [2.24, 2.45) is 5.92 Å². The number of carbonyl (C=O) groups excluding carboxylic acids is 3. The number of aliphatic hydroxyl groups is 1. The van der Waals surface area contributed by atoms with Gasteiger partial charge in [0, 0.05) is 32.5 Å². The molecule has 2 saturated heterocycles. The van der Waals surface area contributed by atoms with Crippen molar-refractivity contribution in [3.05, 3.63) is 35.4 Å². The van der Waals surface area contributed by atoms with Crippen molar-refractivity contribution >= 4 is 17.7 Å². The average molecular weight is 401 g/mol. The Hall–Kier alpha value is -2.21. The van der Waals surface area contributed by atoms with Gasteiger partial charge in [-0.3, -0.25) is 19.3 Å². The van der Waals surface area contributed by atoms with Crippen LogP contribution in [0.4, 0.5) is 0 Å². The number of likely N-dealkylation sites (tertiary alicyclic amines) is 2. The molecule has 1 aromatic rings. The van der Waals surface area contributed by atoms with Crippen LogP contribution >= 0.6 is 0 Å². The normalized spacial score (nSPS) is 24.3. The van der Waals surface area contributed by atoms with Crippen LogP contribution in [0.1, 0.15) is 57.1 Å². The van der Waals surface area contributed by atoms with E-state index >= 15 is 0 Å². The predicted octanol–water partition coefficient (Wildman–Crippen LogP) is 2.41. The summed E-state index contributed by atoms with van der Waals surface area (Å²) in [5.41, 5.74) is 0.582. The zero-order valence-corrected chi connectivity index (χ0v) is 17.7. The molecule has 158 valence electrons.